The number of pyridine rings is 1. The van der Waals surface area contributed by atoms with E-state index >= 15 is 0 Å². The van der Waals surface area contributed by atoms with E-state index in [1.54, 1.807) is 11.1 Å². The molecule has 3 rings (SSSR count). The van der Waals surface area contributed by atoms with Crippen LogP contribution in [-0.4, -0.2) is 22.8 Å². The van der Waals surface area contributed by atoms with Crippen molar-refractivity contribution in [1.29, 1.82) is 0 Å². The molecule has 3 heteroatoms. The van der Waals surface area contributed by atoms with Crippen LogP contribution in [0, 0.1) is 0 Å². The van der Waals surface area contributed by atoms with Crippen molar-refractivity contribution in [3.8, 4) is 0 Å². The van der Waals surface area contributed by atoms with E-state index in [-0.39, 0.29) is 5.91 Å². The largest absolute Gasteiger partial charge is 0.341 e. The fourth-order valence-corrected chi connectivity index (χ4v) is 3.06. The number of aryl methyl sites for hydroxylation is 2. The fraction of sp³-hybridized carbons (Fsp3) is 0.368. The summed E-state index contributed by atoms with van der Waals surface area (Å²) >= 11 is 0. The Morgan fingerprint density at radius 1 is 1.14 bits per heavy atom. The predicted octanol–water partition coefficient (Wildman–Crippen LogP) is 3.16. The van der Waals surface area contributed by atoms with Gasteiger partial charge in [-0.15, -0.1) is 0 Å². The topological polar surface area (TPSA) is 33.2 Å². The molecule has 22 heavy (non-hydrogen) atoms. The van der Waals surface area contributed by atoms with Crippen LogP contribution in [0.3, 0.4) is 0 Å². The lowest BCUT2D eigenvalue weighted by Gasteiger charge is -2.19. The molecule has 0 spiro atoms. The maximum Gasteiger partial charge on any atom is 0.227 e. The van der Waals surface area contributed by atoms with E-state index in [9.17, 15) is 4.79 Å². The first kappa shape index (κ1) is 14.8. The van der Waals surface area contributed by atoms with E-state index in [4.69, 9.17) is 0 Å². The van der Waals surface area contributed by atoms with Crippen LogP contribution in [0.2, 0.25) is 0 Å². The number of benzene rings is 1. The molecule has 0 bridgehead atoms. The molecule has 0 saturated carbocycles. The van der Waals surface area contributed by atoms with Gasteiger partial charge in [-0.1, -0.05) is 24.3 Å². The van der Waals surface area contributed by atoms with Crippen molar-refractivity contribution in [1.82, 2.24) is 9.88 Å². The van der Waals surface area contributed by atoms with Gasteiger partial charge in [0.2, 0.25) is 5.91 Å². The number of hydrogen-bond acceptors (Lipinski definition) is 2. The van der Waals surface area contributed by atoms with Gasteiger partial charge in [0.25, 0.3) is 0 Å². The van der Waals surface area contributed by atoms with Gasteiger partial charge in [-0.3, -0.25) is 9.78 Å². The molecule has 1 aliphatic carbocycles. The summed E-state index contributed by atoms with van der Waals surface area (Å²) in [7, 11) is 1.85. The molecule has 0 aliphatic heterocycles. The fourth-order valence-electron chi connectivity index (χ4n) is 3.06. The number of nitrogens with zero attached hydrogens (tertiary/aromatic N) is 2. The Labute approximate surface area is 132 Å². The summed E-state index contributed by atoms with van der Waals surface area (Å²) < 4.78 is 0. The van der Waals surface area contributed by atoms with E-state index < -0.39 is 0 Å². The number of carbonyl (C=O) groups excluding carboxylic acids is 1. The zero-order valence-corrected chi connectivity index (χ0v) is 13.1. The van der Waals surface area contributed by atoms with Crippen LogP contribution in [-0.2, 0) is 30.6 Å². The molecule has 0 atom stereocenters. The minimum atomic E-state index is 0.152. The smallest absolute Gasteiger partial charge is 0.227 e. The monoisotopic (exact) mass is 294 g/mol. The summed E-state index contributed by atoms with van der Waals surface area (Å²) in [5.41, 5.74) is 5.09. The van der Waals surface area contributed by atoms with Gasteiger partial charge in [0.15, 0.2) is 0 Å². The first-order valence-corrected chi connectivity index (χ1v) is 7.96. The Morgan fingerprint density at radius 3 is 2.73 bits per heavy atom. The van der Waals surface area contributed by atoms with Crippen molar-refractivity contribution in [2.24, 2.45) is 0 Å². The quantitative estimate of drug-likeness (QED) is 0.868. The average molecular weight is 294 g/mol. The summed E-state index contributed by atoms with van der Waals surface area (Å²) in [6, 6.07) is 10.4. The van der Waals surface area contributed by atoms with Crippen molar-refractivity contribution in [2.75, 3.05) is 7.05 Å². The Kier molecular flexibility index (Phi) is 4.52. The normalized spacial score (nSPS) is 13.5. The zero-order valence-electron chi connectivity index (χ0n) is 13.1. The van der Waals surface area contributed by atoms with E-state index in [0.29, 0.717) is 13.0 Å². The standard InChI is InChI=1S/C19H22N2O/c1-21(14-16-5-4-10-20-13-16)19(22)12-15-8-9-17-6-2-3-7-18(17)11-15/h4-5,8-11,13H,2-3,6-7,12,14H2,1H3. The summed E-state index contributed by atoms with van der Waals surface area (Å²) in [5.74, 6) is 0.152. The first-order chi connectivity index (χ1) is 10.7. The minimum Gasteiger partial charge on any atom is -0.341 e. The first-order valence-electron chi connectivity index (χ1n) is 7.96. The van der Waals surface area contributed by atoms with Crippen molar-refractivity contribution in [3.63, 3.8) is 0 Å². The molecule has 2 aromatic rings. The molecular formula is C19H22N2O. The highest BCUT2D eigenvalue weighted by Gasteiger charge is 2.13. The molecule has 1 aromatic heterocycles. The number of fused-ring (bicyclic) bond motifs is 1. The van der Waals surface area contributed by atoms with Crippen LogP contribution in [0.25, 0.3) is 0 Å². The Bertz CT molecular complexity index is 652. The summed E-state index contributed by atoms with van der Waals surface area (Å²) in [4.78, 5) is 18.3. The molecule has 1 aliphatic rings. The van der Waals surface area contributed by atoms with Gasteiger partial charge in [0.1, 0.15) is 0 Å². The SMILES string of the molecule is CN(Cc1cccnc1)C(=O)Cc1ccc2c(c1)CCCC2. The minimum absolute atomic E-state index is 0.152. The lowest BCUT2D eigenvalue weighted by atomic mass is 9.90. The highest BCUT2D eigenvalue weighted by Crippen LogP contribution is 2.22. The van der Waals surface area contributed by atoms with Crippen LogP contribution < -0.4 is 0 Å². The third kappa shape index (κ3) is 3.53. The second kappa shape index (κ2) is 6.73. The Hall–Kier alpha value is -2.16. The van der Waals surface area contributed by atoms with Gasteiger partial charge in [-0.25, -0.2) is 0 Å². The second-order valence-corrected chi connectivity index (χ2v) is 6.10. The molecule has 0 unspecified atom stereocenters. The van der Waals surface area contributed by atoms with E-state index in [1.165, 1.54) is 30.4 Å². The average Bonchev–Trinajstić information content (AvgIpc) is 2.55. The highest BCUT2D eigenvalue weighted by molar-refractivity contribution is 5.78. The molecule has 0 saturated heterocycles. The van der Waals surface area contributed by atoms with Crippen LogP contribution in [0.1, 0.15) is 35.1 Å². The predicted molar refractivity (Wildman–Crippen MR) is 87.5 cm³/mol. The molecule has 0 radical (unpaired) electrons. The van der Waals surface area contributed by atoms with Crippen LogP contribution >= 0.6 is 0 Å². The number of aromatic nitrogens is 1. The van der Waals surface area contributed by atoms with Crippen LogP contribution in [0.5, 0.6) is 0 Å². The number of hydrogen-bond donors (Lipinski definition) is 0. The van der Waals surface area contributed by atoms with Crippen LogP contribution in [0.4, 0.5) is 0 Å². The van der Waals surface area contributed by atoms with E-state index in [1.807, 2.05) is 25.4 Å². The Morgan fingerprint density at radius 2 is 1.95 bits per heavy atom. The van der Waals surface area contributed by atoms with Gasteiger partial charge in [-0.2, -0.15) is 0 Å². The number of rotatable bonds is 4. The van der Waals surface area contributed by atoms with Crippen molar-refractivity contribution in [3.05, 3.63) is 65.0 Å². The molecular weight excluding hydrogens is 272 g/mol. The second-order valence-electron chi connectivity index (χ2n) is 6.10. The van der Waals surface area contributed by atoms with Gasteiger partial charge >= 0.3 is 0 Å². The van der Waals surface area contributed by atoms with E-state index in [2.05, 4.69) is 23.2 Å². The third-order valence-corrected chi connectivity index (χ3v) is 4.34. The summed E-state index contributed by atoms with van der Waals surface area (Å²) in [6.07, 6.45) is 8.93. The highest BCUT2D eigenvalue weighted by atomic mass is 16.2. The van der Waals surface area contributed by atoms with Gasteiger partial charge < -0.3 is 4.90 Å². The molecule has 3 nitrogen and oxygen atoms in total. The van der Waals surface area contributed by atoms with Gasteiger partial charge in [0.05, 0.1) is 6.42 Å². The molecule has 1 heterocycles. The molecule has 114 valence electrons. The Balaban J connectivity index is 1.63. The van der Waals surface area contributed by atoms with Gasteiger partial charge in [0, 0.05) is 26.0 Å². The van der Waals surface area contributed by atoms with Crippen molar-refractivity contribution in [2.45, 2.75) is 38.6 Å². The summed E-state index contributed by atoms with van der Waals surface area (Å²) in [6.45, 7) is 0.609. The third-order valence-electron chi connectivity index (χ3n) is 4.34. The van der Waals surface area contributed by atoms with Crippen LogP contribution in [0.15, 0.2) is 42.7 Å². The number of carbonyl (C=O) groups is 1. The number of likely N-dealkylation sites (N-methyl/N-ethyl adjacent to an activating group) is 1. The molecule has 0 N–H and O–H groups in total. The number of amides is 1. The molecule has 1 aromatic carbocycles. The van der Waals surface area contributed by atoms with E-state index in [0.717, 1.165) is 17.5 Å². The summed E-state index contributed by atoms with van der Waals surface area (Å²) in [5, 5.41) is 0. The molecule has 0 fully saturated rings. The zero-order chi connectivity index (χ0) is 15.4. The molecule has 1 amide bonds. The van der Waals surface area contributed by atoms with Crippen molar-refractivity contribution >= 4 is 5.91 Å². The lowest BCUT2D eigenvalue weighted by molar-refractivity contribution is -0.129. The van der Waals surface area contributed by atoms with Gasteiger partial charge in [-0.05, 0) is 54.0 Å². The maximum absolute atomic E-state index is 12.4. The maximum atomic E-state index is 12.4. The van der Waals surface area contributed by atoms with Crippen molar-refractivity contribution < 1.29 is 4.79 Å². The lowest BCUT2D eigenvalue weighted by Crippen LogP contribution is -2.27.